The molecule has 1 fully saturated rings. The van der Waals surface area contributed by atoms with Crippen LogP contribution in [0.4, 0.5) is 9.18 Å². The van der Waals surface area contributed by atoms with Gasteiger partial charge in [-0.25, -0.2) is 9.18 Å². The van der Waals surface area contributed by atoms with Gasteiger partial charge < -0.3 is 20.5 Å². The molecule has 0 aromatic heterocycles. The van der Waals surface area contributed by atoms with E-state index in [0.717, 1.165) is 5.56 Å². The van der Waals surface area contributed by atoms with E-state index in [4.69, 9.17) is 4.74 Å². The van der Waals surface area contributed by atoms with Crippen LogP contribution >= 0.6 is 0 Å². The standard InChI is InChI=1S/C14H19FN2O3/c15-12-3-1-11(2-4-12)9-16-13(18)17-10-14(19)5-7-20-8-6-14/h1-4,19H,5-10H2,(H2,16,17,18). The molecule has 6 heteroatoms. The van der Waals surface area contributed by atoms with E-state index in [2.05, 4.69) is 10.6 Å². The number of ether oxygens (including phenoxy) is 1. The summed E-state index contributed by atoms with van der Waals surface area (Å²) in [7, 11) is 0. The van der Waals surface area contributed by atoms with Crippen molar-refractivity contribution in [2.75, 3.05) is 19.8 Å². The van der Waals surface area contributed by atoms with Crippen molar-refractivity contribution in [2.45, 2.75) is 25.0 Å². The number of carbonyl (C=O) groups is 1. The van der Waals surface area contributed by atoms with Crippen LogP contribution in [-0.2, 0) is 11.3 Å². The van der Waals surface area contributed by atoms with Gasteiger partial charge in [0.1, 0.15) is 5.82 Å². The SMILES string of the molecule is O=C(NCc1ccc(F)cc1)NCC1(O)CCOCC1. The molecule has 2 amide bonds. The third kappa shape index (κ3) is 4.47. The van der Waals surface area contributed by atoms with E-state index in [1.165, 1.54) is 12.1 Å². The first-order valence-corrected chi connectivity index (χ1v) is 6.64. The number of rotatable bonds is 4. The van der Waals surface area contributed by atoms with Gasteiger partial charge in [-0.1, -0.05) is 12.1 Å². The Bertz CT molecular complexity index is 444. The third-order valence-electron chi connectivity index (χ3n) is 3.37. The Hall–Kier alpha value is -1.66. The predicted molar refractivity (Wildman–Crippen MR) is 71.6 cm³/mol. The molecule has 0 atom stereocenters. The van der Waals surface area contributed by atoms with Gasteiger partial charge in [0, 0.05) is 39.1 Å². The minimum absolute atomic E-state index is 0.200. The first-order chi connectivity index (χ1) is 9.57. The molecule has 0 spiro atoms. The number of nitrogens with one attached hydrogen (secondary N) is 2. The van der Waals surface area contributed by atoms with E-state index in [9.17, 15) is 14.3 Å². The number of halogens is 1. The number of aliphatic hydroxyl groups is 1. The molecule has 1 aliphatic heterocycles. The third-order valence-corrected chi connectivity index (χ3v) is 3.37. The summed E-state index contributed by atoms with van der Waals surface area (Å²) in [5.41, 5.74) is -0.0721. The predicted octanol–water partition coefficient (Wildman–Crippen LogP) is 1.17. The molecule has 1 aromatic carbocycles. The van der Waals surface area contributed by atoms with E-state index in [0.29, 0.717) is 32.6 Å². The van der Waals surface area contributed by atoms with Crippen LogP contribution in [0.1, 0.15) is 18.4 Å². The first-order valence-electron chi connectivity index (χ1n) is 6.64. The lowest BCUT2D eigenvalue weighted by molar-refractivity contribution is -0.0600. The molecule has 0 aliphatic carbocycles. The minimum Gasteiger partial charge on any atom is -0.388 e. The molecular formula is C14H19FN2O3. The van der Waals surface area contributed by atoms with Gasteiger partial charge in [-0.05, 0) is 17.7 Å². The largest absolute Gasteiger partial charge is 0.388 e. The van der Waals surface area contributed by atoms with Crippen LogP contribution in [0.15, 0.2) is 24.3 Å². The summed E-state index contributed by atoms with van der Waals surface area (Å²) < 4.78 is 17.9. The summed E-state index contributed by atoms with van der Waals surface area (Å²) in [5.74, 6) is -0.306. The lowest BCUT2D eigenvalue weighted by Crippen LogP contribution is -2.48. The van der Waals surface area contributed by atoms with Gasteiger partial charge in [0.25, 0.3) is 0 Å². The van der Waals surface area contributed by atoms with E-state index in [-0.39, 0.29) is 18.4 Å². The average molecular weight is 282 g/mol. The normalized spacial score (nSPS) is 17.5. The highest BCUT2D eigenvalue weighted by molar-refractivity contribution is 5.73. The van der Waals surface area contributed by atoms with Crippen LogP contribution < -0.4 is 10.6 Å². The van der Waals surface area contributed by atoms with Gasteiger partial charge in [-0.3, -0.25) is 0 Å². The van der Waals surface area contributed by atoms with Crippen molar-refractivity contribution >= 4 is 6.03 Å². The summed E-state index contributed by atoms with van der Waals surface area (Å²) in [5, 5.41) is 15.5. The van der Waals surface area contributed by atoms with Gasteiger partial charge in [-0.15, -0.1) is 0 Å². The number of urea groups is 1. The summed E-state index contributed by atoms with van der Waals surface area (Å²) in [6, 6.07) is 5.57. The topological polar surface area (TPSA) is 70.6 Å². The van der Waals surface area contributed by atoms with Crippen LogP contribution in [0.3, 0.4) is 0 Å². The second-order valence-electron chi connectivity index (χ2n) is 5.00. The second kappa shape index (κ2) is 6.67. The van der Waals surface area contributed by atoms with Crippen LogP contribution in [0.25, 0.3) is 0 Å². The molecule has 20 heavy (non-hydrogen) atoms. The summed E-state index contributed by atoms with van der Waals surface area (Å²) in [4.78, 5) is 11.6. The number of amides is 2. The van der Waals surface area contributed by atoms with Gasteiger partial charge in [0.2, 0.25) is 0 Å². The van der Waals surface area contributed by atoms with Crippen molar-refractivity contribution in [3.63, 3.8) is 0 Å². The van der Waals surface area contributed by atoms with E-state index >= 15 is 0 Å². The second-order valence-corrected chi connectivity index (χ2v) is 5.00. The van der Waals surface area contributed by atoms with Gasteiger partial charge in [0.05, 0.1) is 5.60 Å². The molecule has 2 rings (SSSR count). The minimum atomic E-state index is -0.883. The van der Waals surface area contributed by atoms with E-state index in [1.54, 1.807) is 12.1 Å². The number of hydrogen-bond donors (Lipinski definition) is 3. The number of hydrogen-bond acceptors (Lipinski definition) is 3. The fraction of sp³-hybridized carbons (Fsp3) is 0.500. The van der Waals surface area contributed by atoms with Crippen LogP contribution in [0.5, 0.6) is 0 Å². The Morgan fingerprint density at radius 3 is 2.55 bits per heavy atom. The summed E-state index contributed by atoms with van der Waals surface area (Å²) in [6.07, 6.45) is 1.04. The molecule has 3 N–H and O–H groups in total. The molecule has 1 saturated heterocycles. The first kappa shape index (κ1) is 14.7. The zero-order chi connectivity index (χ0) is 14.4. The molecule has 0 radical (unpaired) electrons. The molecule has 1 aliphatic rings. The highest BCUT2D eigenvalue weighted by Gasteiger charge is 2.29. The van der Waals surface area contributed by atoms with Crippen LogP contribution in [0.2, 0.25) is 0 Å². The Balaban J connectivity index is 1.71. The molecule has 0 bridgehead atoms. The molecule has 0 saturated carbocycles. The highest BCUT2D eigenvalue weighted by atomic mass is 19.1. The van der Waals surface area contributed by atoms with Gasteiger partial charge in [0.15, 0.2) is 0 Å². The summed E-state index contributed by atoms with van der Waals surface area (Å²) >= 11 is 0. The molecule has 5 nitrogen and oxygen atoms in total. The van der Waals surface area contributed by atoms with Crippen molar-refractivity contribution in [1.82, 2.24) is 10.6 Å². The van der Waals surface area contributed by atoms with Crippen molar-refractivity contribution < 1.29 is 19.0 Å². The maximum absolute atomic E-state index is 12.7. The monoisotopic (exact) mass is 282 g/mol. The fourth-order valence-electron chi connectivity index (χ4n) is 2.02. The molecule has 1 heterocycles. The van der Waals surface area contributed by atoms with E-state index < -0.39 is 5.60 Å². The quantitative estimate of drug-likeness (QED) is 0.776. The van der Waals surface area contributed by atoms with Crippen molar-refractivity contribution in [3.8, 4) is 0 Å². The summed E-state index contributed by atoms with van der Waals surface area (Å²) in [6.45, 7) is 1.53. The molecule has 110 valence electrons. The zero-order valence-corrected chi connectivity index (χ0v) is 11.2. The fourth-order valence-corrected chi connectivity index (χ4v) is 2.02. The Morgan fingerprint density at radius 1 is 1.25 bits per heavy atom. The number of benzene rings is 1. The van der Waals surface area contributed by atoms with Crippen molar-refractivity contribution in [3.05, 3.63) is 35.6 Å². The van der Waals surface area contributed by atoms with Crippen LogP contribution in [-0.4, -0.2) is 36.5 Å². The van der Waals surface area contributed by atoms with Crippen molar-refractivity contribution in [1.29, 1.82) is 0 Å². The van der Waals surface area contributed by atoms with Gasteiger partial charge in [-0.2, -0.15) is 0 Å². The smallest absolute Gasteiger partial charge is 0.315 e. The molecule has 1 aromatic rings. The zero-order valence-electron chi connectivity index (χ0n) is 11.2. The Morgan fingerprint density at radius 2 is 1.90 bits per heavy atom. The maximum atomic E-state index is 12.7. The van der Waals surface area contributed by atoms with Crippen LogP contribution in [0, 0.1) is 5.82 Å². The Kier molecular flexibility index (Phi) is 4.92. The lowest BCUT2D eigenvalue weighted by Gasteiger charge is -2.32. The Labute approximate surface area is 117 Å². The average Bonchev–Trinajstić information content (AvgIpc) is 2.45. The van der Waals surface area contributed by atoms with E-state index in [1.807, 2.05) is 0 Å². The lowest BCUT2D eigenvalue weighted by atomic mass is 9.94. The maximum Gasteiger partial charge on any atom is 0.315 e. The number of carbonyl (C=O) groups excluding carboxylic acids is 1. The van der Waals surface area contributed by atoms with Gasteiger partial charge >= 0.3 is 6.03 Å². The molecular weight excluding hydrogens is 263 g/mol. The highest BCUT2D eigenvalue weighted by Crippen LogP contribution is 2.19. The van der Waals surface area contributed by atoms with Crippen molar-refractivity contribution in [2.24, 2.45) is 0 Å². The molecule has 0 unspecified atom stereocenters.